The second-order valence-corrected chi connectivity index (χ2v) is 10.9. The van der Waals surface area contributed by atoms with Crippen molar-refractivity contribution < 1.29 is 4.42 Å². The minimum Gasteiger partial charge on any atom is -0.455 e. The predicted molar refractivity (Wildman–Crippen MR) is 178 cm³/mol. The van der Waals surface area contributed by atoms with E-state index in [1.807, 2.05) is 0 Å². The summed E-state index contributed by atoms with van der Waals surface area (Å²) in [6.45, 7) is 0. The maximum atomic E-state index is 6.61. The van der Waals surface area contributed by atoms with Crippen LogP contribution in [-0.4, -0.2) is 0 Å². The number of furan rings is 1. The molecule has 2 nitrogen and oxygen atoms in total. The molecular weight excluding hydrogens is 510 g/mol. The first kappa shape index (κ1) is 23.1. The molecule has 0 unspecified atom stereocenters. The van der Waals surface area contributed by atoms with Gasteiger partial charge in [-0.15, -0.1) is 0 Å². The molecule has 0 spiro atoms. The number of anilines is 3. The lowest BCUT2D eigenvalue weighted by Gasteiger charge is -2.28. The lowest BCUT2D eigenvalue weighted by atomic mass is 9.94. The van der Waals surface area contributed by atoms with Crippen LogP contribution in [0.15, 0.2) is 156 Å². The lowest BCUT2D eigenvalue weighted by molar-refractivity contribution is 0.672. The molecule has 0 aliphatic carbocycles. The molecule has 0 radical (unpaired) electrons. The number of rotatable bonds is 3. The van der Waals surface area contributed by atoms with Gasteiger partial charge in [-0.05, 0) is 68.7 Å². The Morgan fingerprint density at radius 2 is 1.02 bits per heavy atom. The van der Waals surface area contributed by atoms with Crippen molar-refractivity contribution in [3.63, 3.8) is 0 Å². The van der Waals surface area contributed by atoms with Crippen LogP contribution in [-0.2, 0) is 0 Å². The van der Waals surface area contributed by atoms with Gasteiger partial charge in [0.05, 0.1) is 16.8 Å². The van der Waals surface area contributed by atoms with Gasteiger partial charge in [-0.2, -0.15) is 0 Å². The molecular formula is C40H25NO. The van der Waals surface area contributed by atoms with Crippen LogP contribution in [0.3, 0.4) is 0 Å². The smallest absolute Gasteiger partial charge is 0.143 e. The number of nitrogens with zero attached hydrogens (tertiary/aromatic N) is 1. The SMILES string of the molecule is c1ccc(N(c2cc3ccc4ccccc4c3c3ccccc23)c2cccc3oc4c5ccccc5ccc4c23)cc1. The fraction of sp³-hybridized carbons (Fsp3) is 0. The third kappa shape index (κ3) is 3.33. The summed E-state index contributed by atoms with van der Waals surface area (Å²) in [6.07, 6.45) is 0. The molecule has 1 aromatic heterocycles. The van der Waals surface area contributed by atoms with E-state index < -0.39 is 0 Å². The average Bonchev–Trinajstić information content (AvgIpc) is 3.45. The van der Waals surface area contributed by atoms with Gasteiger partial charge in [0.1, 0.15) is 11.2 Å². The van der Waals surface area contributed by atoms with Crippen molar-refractivity contribution in [2.75, 3.05) is 4.90 Å². The summed E-state index contributed by atoms with van der Waals surface area (Å²) in [7, 11) is 0. The minimum absolute atomic E-state index is 0.885. The van der Waals surface area contributed by atoms with E-state index in [0.717, 1.165) is 44.4 Å². The zero-order valence-electron chi connectivity index (χ0n) is 22.8. The van der Waals surface area contributed by atoms with Crippen molar-refractivity contribution in [2.24, 2.45) is 0 Å². The zero-order valence-corrected chi connectivity index (χ0v) is 22.8. The van der Waals surface area contributed by atoms with E-state index in [1.165, 1.54) is 37.7 Å². The van der Waals surface area contributed by atoms with Gasteiger partial charge in [-0.3, -0.25) is 0 Å². The third-order valence-corrected chi connectivity index (χ3v) is 8.59. The van der Waals surface area contributed by atoms with Gasteiger partial charge in [0.2, 0.25) is 0 Å². The Labute approximate surface area is 242 Å². The van der Waals surface area contributed by atoms with Crippen LogP contribution in [0.25, 0.3) is 65.0 Å². The van der Waals surface area contributed by atoms with Crippen molar-refractivity contribution in [3.8, 4) is 0 Å². The van der Waals surface area contributed by atoms with Crippen molar-refractivity contribution in [1.29, 1.82) is 0 Å². The molecule has 0 saturated heterocycles. The Kier molecular flexibility index (Phi) is 4.93. The lowest BCUT2D eigenvalue weighted by Crippen LogP contribution is -2.11. The quantitative estimate of drug-likeness (QED) is 0.209. The van der Waals surface area contributed by atoms with Crippen LogP contribution in [0, 0.1) is 0 Å². The molecule has 0 atom stereocenters. The molecule has 0 fully saturated rings. The van der Waals surface area contributed by atoms with Crippen LogP contribution >= 0.6 is 0 Å². The highest BCUT2D eigenvalue weighted by Crippen LogP contribution is 2.47. The number of fused-ring (bicyclic) bond motifs is 10. The number of para-hydroxylation sites is 1. The van der Waals surface area contributed by atoms with Gasteiger partial charge < -0.3 is 9.32 Å². The van der Waals surface area contributed by atoms with Crippen LogP contribution in [0.4, 0.5) is 17.1 Å². The normalized spacial score (nSPS) is 11.8. The molecule has 0 aliphatic heterocycles. The maximum Gasteiger partial charge on any atom is 0.143 e. The first-order valence-corrected chi connectivity index (χ1v) is 14.4. The third-order valence-electron chi connectivity index (χ3n) is 8.59. The van der Waals surface area contributed by atoms with Crippen molar-refractivity contribution >= 4 is 82.1 Å². The second kappa shape index (κ2) is 8.95. The van der Waals surface area contributed by atoms with Crippen LogP contribution in [0.2, 0.25) is 0 Å². The van der Waals surface area contributed by atoms with Gasteiger partial charge in [-0.1, -0.05) is 115 Å². The first-order chi connectivity index (χ1) is 20.8. The Hall–Kier alpha value is -5.60. The Morgan fingerprint density at radius 3 is 1.86 bits per heavy atom. The Morgan fingerprint density at radius 1 is 0.381 bits per heavy atom. The van der Waals surface area contributed by atoms with Gasteiger partial charge in [-0.25, -0.2) is 0 Å². The first-order valence-electron chi connectivity index (χ1n) is 14.4. The van der Waals surface area contributed by atoms with Gasteiger partial charge >= 0.3 is 0 Å². The molecule has 2 heteroatoms. The summed E-state index contributed by atoms with van der Waals surface area (Å²) in [4.78, 5) is 2.41. The van der Waals surface area contributed by atoms with Crippen LogP contribution in [0.5, 0.6) is 0 Å². The van der Waals surface area contributed by atoms with E-state index in [9.17, 15) is 0 Å². The number of hydrogen-bond acceptors (Lipinski definition) is 2. The van der Waals surface area contributed by atoms with E-state index >= 15 is 0 Å². The van der Waals surface area contributed by atoms with Gasteiger partial charge in [0, 0.05) is 21.8 Å². The zero-order chi connectivity index (χ0) is 27.6. The van der Waals surface area contributed by atoms with E-state index in [0.29, 0.717) is 0 Å². The van der Waals surface area contributed by atoms with Crippen molar-refractivity contribution in [1.82, 2.24) is 0 Å². The number of benzene rings is 8. The molecule has 42 heavy (non-hydrogen) atoms. The largest absolute Gasteiger partial charge is 0.455 e. The molecule has 0 amide bonds. The highest BCUT2D eigenvalue weighted by Gasteiger charge is 2.22. The molecule has 9 aromatic rings. The topological polar surface area (TPSA) is 16.4 Å². The van der Waals surface area contributed by atoms with E-state index in [1.54, 1.807) is 0 Å². The molecule has 0 N–H and O–H groups in total. The Bertz CT molecular complexity index is 2470. The van der Waals surface area contributed by atoms with E-state index in [4.69, 9.17) is 4.42 Å². The Balaban J connectivity index is 1.42. The average molecular weight is 536 g/mol. The summed E-state index contributed by atoms with van der Waals surface area (Å²) >= 11 is 0. The molecule has 1 heterocycles. The maximum absolute atomic E-state index is 6.61. The van der Waals surface area contributed by atoms with E-state index in [2.05, 4.69) is 157 Å². The van der Waals surface area contributed by atoms with Crippen molar-refractivity contribution in [3.05, 3.63) is 152 Å². The standard InChI is InChI=1S/C40H25NO/c1-2-13-29(14-3-1)41(35-19-10-20-37-39(35)34-24-23-27-12-5-7-16-31(27)40(34)42-37)36-25-28-22-21-26-11-4-6-15-30(26)38(28)33-18-9-8-17-32(33)36/h1-25H. The van der Waals surface area contributed by atoms with Gasteiger partial charge in [0.15, 0.2) is 0 Å². The summed E-state index contributed by atoms with van der Waals surface area (Å²) in [6, 6.07) is 54.3. The molecule has 8 aromatic carbocycles. The van der Waals surface area contributed by atoms with Crippen LogP contribution in [0.1, 0.15) is 0 Å². The second-order valence-electron chi connectivity index (χ2n) is 10.9. The van der Waals surface area contributed by atoms with Gasteiger partial charge in [0.25, 0.3) is 0 Å². The highest BCUT2D eigenvalue weighted by atomic mass is 16.3. The molecule has 0 aliphatic rings. The van der Waals surface area contributed by atoms with E-state index in [-0.39, 0.29) is 0 Å². The fourth-order valence-corrected chi connectivity index (χ4v) is 6.75. The molecule has 0 bridgehead atoms. The minimum atomic E-state index is 0.885. The fourth-order valence-electron chi connectivity index (χ4n) is 6.75. The summed E-state index contributed by atoms with van der Waals surface area (Å²) in [5.74, 6) is 0. The van der Waals surface area contributed by atoms with Crippen molar-refractivity contribution in [2.45, 2.75) is 0 Å². The molecule has 0 saturated carbocycles. The van der Waals surface area contributed by atoms with Crippen LogP contribution < -0.4 is 4.90 Å². The predicted octanol–water partition coefficient (Wildman–Crippen LogP) is 11.7. The molecule has 9 rings (SSSR count). The summed E-state index contributed by atoms with van der Waals surface area (Å²) in [5.41, 5.74) is 5.15. The molecule has 196 valence electrons. The number of hydrogen-bond donors (Lipinski definition) is 0. The monoisotopic (exact) mass is 535 g/mol. The summed E-state index contributed by atoms with van der Waals surface area (Å²) in [5, 5.41) is 12.0. The summed E-state index contributed by atoms with van der Waals surface area (Å²) < 4.78 is 6.61. The highest BCUT2D eigenvalue weighted by molar-refractivity contribution is 6.25.